The van der Waals surface area contributed by atoms with E-state index in [4.69, 9.17) is 0 Å². The van der Waals surface area contributed by atoms with E-state index < -0.39 is 0 Å². The van der Waals surface area contributed by atoms with E-state index in [1.54, 1.807) is 0 Å². The third kappa shape index (κ3) is 0.800. The Labute approximate surface area is 67.5 Å². The summed E-state index contributed by atoms with van der Waals surface area (Å²) in [4.78, 5) is 10.9. The van der Waals surface area contributed by atoms with Crippen LogP contribution in [0.1, 0.15) is 26.2 Å². The molecule has 0 N–H and O–H groups in total. The van der Waals surface area contributed by atoms with Gasteiger partial charge in [-0.15, -0.1) is 0 Å². The van der Waals surface area contributed by atoms with Gasteiger partial charge < -0.3 is 4.79 Å². The van der Waals surface area contributed by atoms with Gasteiger partial charge in [0.25, 0.3) is 0 Å². The van der Waals surface area contributed by atoms with Crippen molar-refractivity contribution in [1.82, 2.24) is 0 Å². The van der Waals surface area contributed by atoms with Crippen molar-refractivity contribution in [3.8, 4) is 0 Å². The second kappa shape index (κ2) is 2.20. The smallest absolute Gasteiger partial charge is 0.126 e. The monoisotopic (exact) mass is 150 g/mol. The van der Waals surface area contributed by atoms with E-state index >= 15 is 0 Å². The predicted octanol–water partition coefficient (Wildman–Crippen LogP) is 2.18. The molecular weight excluding hydrogens is 136 g/mol. The van der Waals surface area contributed by atoms with Crippen LogP contribution in [-0.4, -0.2) is 6.29 Å². The zero-order valence-corrected chi connectivity index (χ0v) is 6.92. The molecule has 60 valence electrons. The number of hydrogen-bond acceptors (Lipinski definition) is 1. The van der Waals surface area contributed by atoms with Crippen LogP contribution in [0.5, 0.6) is 0 Å². The van der Waals surface area contributed by atoms with Gasteiger partial charge in [0.15, 0.2) is 0 Å². The van der Waals surface area contributed by atoms with E-state index in [1.807, 2.05) is 0 Å². The summed E-state index contributed by atoms with van der Waals surface area (Å²) in [5.41, 5.74) is 0.0272. The number of fused-ring (bicyclic) bond motifs is 2. The van der Waals surface area contributed by atoms with Gasteiger partial charge in [-0.1, -0.05) is 19.1 Å². The van der Waals surface area contributed by atoms with E-state index in [-0.39, 0.29) is 5.41 Å². The summed E-state index contributed by atoms with van der Waals surface area (Å²) in [6.07, 6.45) is 9.07. The minimum Gasteiger partial charge on any atom is -0.303 e. The van der Waals surface area contributed by atoms with E-state index in [1.165, 1.54) is 12.7 Å². The fourth-order valence-corrected chi connectivity index (χ4v) is 2.62. The summed E-state index contributed by atoms with van der Waals surface area (Å²) in [5.74, 6) is 1.28. The van der Waals surface area contributed by atoms with Crippen molar-refractivity contribution in [3.05, 3.63) is 12.2 Å². The van der Waals surface area contributed by atoms with Crippen molar-refractivity contribution in [2.24, 2.45) is 17.3 Å². The third-order valence-corrected chi connectivity index (χ3v) is 3.45. The Bertz CT molecular complexity index is 207. The van der Waals surface area contributed by atoms with Crippen LogP contribution in [0.3, 0.4) is 0 Å². The van der Waals surface area contributed by atoms with Gasteiger partial charge in [0.2, 0.25) is 0 Å². The van der Waals surface area contributed by atoms with E-state index in [9.17, 15) is 4.79 Å². The molecule has 2 aliphatic rings. The Morgan fingerprint density at radius 3 is 2.73 bits per heavy atom. The van der Waals surface area contributed by atoms with Gasteiger partial charge in [0, 0.05) is 5.41 Å². The number of hydrogen-bond donors (Lipinski definition) is 0. The van der Waals surface area contributed by atoms with Crippen LogP contribution >= 0.6 is 0 Å². The third-order valence-electron chi connectivity index (χ3n) is 3.45. The van der Waals surface area contributed by atoms with Gasteiger partial charge in [-0.3, -0.25) is 0 Å². The van der Waals surface area contributed by atoms with Gasteiger partial charge in [0.05, 0.1) is 0 Å². The maximum atomic E-state index is 10.9. The molecule has 0 aliphatic heterocycles. The normalized spacial score (nSPS) is 46.6. The molecule has 0 spiro atoms. The molecule has 0 aromatic carbocycles. The van der Waals surface area contributed by atoms with Crippen LogP contribution in [0.2, 0.25) is 0 Å². The zero-order valence-electron chi connectivity index (χ0n) is 6.92. The number of rotatable bonds is 2. The molecular formula is C10H14O. The molecule has 1 nitrogen and oxygen atoms in total. The molecule has 3 atom stereocenters. The quantitative estimate of drug-likeness (QED) is 0.435. The average molecular weight is 150 g/mol. The maximum absolute atomic E-state index is 10.9. The Balaban J connectivity index is 2.28. The summed E-state index contributed by atoms with van der Waals surface area (Å²) in [5, 5.41) is 0. The van der Waals surface area contributed by atoms with Crippen LogP contribution < -0.4 is 0 Å². The zero-order chi connectivity index (χ0) is 7.90. The fourth-order valence-electron chi connectivity index (χ4n) is 2.62. The van der Waals surface area contributed by atoms with Crippen molar-refractivity contribution < 1.29 is 4.79 Å². The highest BCUT2D eigenvalue weighted by atomic mass is 16.1. The molecule has 0 aromatic heterocycles. The molecule has 0 saturated heterocycles. The minimum atomic E-state index is 0.0272. The van der Waals surface area contributed by atoms with Gasteiger partial charge in [-0.05, 0) is 31.1 Å². The SMILES string of the molecule is CCC1(C=O)C[C@H]2C=C[C@@H]1C2. The highest BCUT2D eigenvalue weighted by molar-refractivity contribution is 5.62. The highest BCUT2D eigenvalue weighted by Gasteiger charge is 2.46. The van der Waals surface area contributed by atoms with Gasteiger partial charge >= 0.3 is 0 Å². The van der Waals surface area contributed by atoms with E-state index in [0.29, 0.717) is 11.8 Å². The van der Waals surface area contributed by atoms with Crippen molar-refractivity contribution >= 4 is 6.29 Å². The lowest BCUT2D eigenvalue weighted by atomic mass is 9.75. The number of allylic oxidation sites excluding steroid dienone is 2. The molecule has 0 amide bonds. The molecule has 0 heterocycles. The molecule has 0 aromatic rings. The first-order valence-corrected chi connectivity index (χ1v) is 4.45. The number of carbonyl (C=O) groups excluding carboxylic acids is 1. The summed E-state index contributed by atoms with van der Waals surface area (Å²) in [6, 6.07) is 0. The number of carbonyl (C=O) groups is 1. The lowest BCUT2D eigenvalue weighted by molar-refractivity contribution is -0.117. The molecule has 1 fully saturated rings. The predicted molar refractivity (Wildman–Crippen MR) is 44.1 cm³/mol. The Hall–Kier alpha value is -0.590. The largest absolute Gasteiger partial charge is 0.303 e. The molecule has 1 heteroatoms. The average Bonchev–Trinajstić information content (AvgIpc) is 2.62. The summed E-state index contributed by atoms with van der Waals surface area (Å²) < 4.78 is 0. The highest BCUT2D eigenvalue weighted by Crippen LogP contribution is 2.52. The first-order chi connectivity index (χ1) is 5.30. The second-order valence-corrected chi connectivity index (χ2v) is 3.90. The van der Waals surface area contributed by atoms with Crippen LogP contribution in [0.25, 0.3) is 0 Å². The van der Waals surface area contributed by atoms with E-state index in [0.717, 1.165) is 12.8 Å². The minimum absolute atomic E-state index is 0.0272. The summed E-state index contributed by atoms with van der Waals surface area (Å²) >= 11 is 0. The van der Waals surface area contributed by atoms with Crippen LogP contribution in [0.4, 0.5) is 0 Å². The van der Waals surface area contributed by atoms with Gasteiger partial charge in [-0.25, -0.2) is 0 Å². The standard InChI is InChI=1S/C10H14O/c1-2-10(7-11)6-8-3-4-9(10)5-8/h3-4,7-9H,2,5-6H2,1H3/t8-,9+,10?/m0/s1. The topological polar surface area (TPSA) is 17.1 Å². The molecule has 1 saturated carbocycles. The molecule has 2 bridgehead atoms. The van der Waals surface area contributed by atoms with Crippen molar-refractivity contribution in [2.45, 2.75) is 26.2 Å². The maximum Gasteiger partial charge on any atom is 0.126 e. The Morgan fingerprint density at radius 1 is 1.64 bits per heavy atom. The first kappa shape index (κ1) is 7.08. The lowest BCUT2D eigenvalue weighted by Gasteiger charge is -2.27. The van der Waals surface area contributed by atoms with Crippen LogP contribution in [-0.2, 0) is 4.79 Å². The van der Waals surface area contributed by atoms with Crippen molar-refractivity contribution in [2.75, 3.05) is 0 Å². The van der Waals surface area contributed by atoms with Gasteiger partial charge in [-0.2, -0.15) is 0 Å². The summed E-state index contributed by atoms with van der Waals surface area (Å²) in [6.45, 7) is 2.13. The van der Waals surface area contributed by atoms with Crippen LogP contribution in [0, 0.1) is 17.3 Å². The molecule has 0 radical (unpaired) electrons. The lowest BCUT2D eigenvalue weighted by Crippen LogP contribution is -2.26. The van der Waals surface area contributed by atoms with Crippen molar-refractivity contribution in [3.63, 3.8) is 0 Å². The number of aldehydes is 1. The van der Waals surface area contributed by atoms with Crippen molar-refractivity contribution in [1.29, 1.82) is 0 Å². The molecule has 2 rings (SSSR count). The molecule has 1 unspecified atom stereocenters. The Kier molecular flexibility index (Phi) is 1.41. The van der Waals surface area contributed by atoms with E-state index in [2.05, 4.69) is 19.1 Å². The summed E-state index contributed by atoms with van der Waals surface area (Å²) in [7, 11) is 0. The second-order valence-electron chi connectivity index (χ2n) is 3.90. The Morgan fingerprint density at radius 2 is 2.45 bits per heavy atom. The first-order valence-electron chi connectivity index (χ1n) is 4.45. The fraction of sp³-hybridized carbons (Fsp3) is 0.700. The molecule has 2 aliphatic carbocycles. The van der Waals surface area contributed by atoms with Crippen LogP contribution in [0.15, 0.2) is 12.2 Å². The van der Waals surface area contributed by atoms with Gasteiger partial charge in [0.1, 0.15) is 6.29 Å². The molecule has 11 heavy (non-hydrogen) atoms.